The van der Waals surface area contributed by atoms with Crippen LogP contribution in [0.4, 0.5) is 23.2 Å². The van der Waals surface area contributed by atoms with Gasteiger partial charge in [-0.3, -0.25) is 0 Å². The first kappa shape index (κ1) is 14.7. The molecule has 0 saturated carbocycles. The van der Waals surface area contributed by atoms with E-state index in [-0.39, 0.29) is 11.2 Å². The number of halogens is 4. The van der Waals surface area contributed by atoms with Gasteiger partial charge in [-0.25, -0.2) is 17.6 Å². The molecule has 1 aromatic rings. The van der Waals surface area contributed by atoms with Gasteiger partial charge in [-0.1, -0.05) is 13.3 Å². The van der Waals surface area contributed by atoms with Gasteiger partial charge >= 0.3 is 0 Å². The van der Waals surface area contributed by atoms with Crippen LogP contribution in [0.1, 0.15) is 19.8 Å². The van der Waals surface area contributed by atoms with Gasteiger partial charge in [0.2, 0.25) is 0 Å². The zero-order valence-corrected chi connectivity index (χ0v) is 10.4. The highest BCUT2D eigenvalue weighted by Gasteiger charge is 2.19. The average molecular weight is 280 g/mol. The molecule has 0 spiro atoms. The van der Waals surface area contributed by atoms with Crippen LogP contribution >= 0.6 is 12.2 Å². The number of thiocarbonyl (C=S) groups is 1. The van der Waals surface area contributed by atoms with E-state index >= 15 is 0 Å². The Morgan fingerprint density at radius 2 is 1.72 bits per heavy atom. The smallest absolute Gasteiger partial charge is 0.185 e. The molecule has 100 valence electrons. The summed E-state index contributed by atoms with van der Waals surface area (Å²) in [4.78, 5) is 0. The standard InChI is InChI=1S/C11H12F4N2S/c1-2-3-4-16-11(18)17-10-8(14)6(12)5-7(13)9(10)15/h5H,2-4H2,1H3,(H2,16,17,18). The fourth-order valence-electron chi connectivity index (χ4n) is 1.22. The molecule has 7 heteroatoms. The first-order valence-corrected chi connectivity index (χ1v) is 5.76. The van der Waals surface area contributed by atoms with E-state index in [4.69, 9.17) is 12.2 Å². The molecule has 18 heavy (non-hydrogen) atoms. The predicted molar refractivity (Wildman–Crippen MR) is 65.4 cm³/mol. The van der Waals surface area contributed by atoms with E-state index in [9.17, 15) is 17.6 Å². The molecule has 0 unspecified atom stereocenters. The van der Waals surface area contributed by atoms with E-state index in [0.717, 1.165) is 12.8 Å². The van der Waals surface area contributed by atoms with Crippen molar-refractivity contribution >= 4 is 23.0 Å². The average Bonchev–Trinajstić information content (AvgIpc) is 2.32. The van der Waals surface area contributed by atoms with Gasteiger partial charge in [0.15, 0.2) is 28.4 Å². The number of nitrogens with one attached hydrogen (secondary N) is 2. The van der Waals surface area contributed by atoms with Crippen LogP contribution < -0.4 is 10.6 Å². The summed E-state index contributed by atoms with van der Waals surface area (Å²) in [6.07, 6.45) is 1.72. The first-order chi connectivity index (χ1) is 8.47. The number of unbranched alkanes of at least 4 members (excludes halogenated alkanes) is 1. The Hall–Kier alpha value is -1.37. The highest BCUT2D eigenvalue weighted by Crippen LogP contribution is 2.23. The minimum atomic E-state index is -1.51. The third-order valence-electron chi connectivity index (χ3n) is 2.17. The lowest BCUT2D eigenvalue weighted by molar-refractivity contribution is 0.459. The number of rotatable bonds is 4. The van der Waals surface area contributed by atoms with E-state index in [0.29, 0.717) is 6.54 Å². The van der Waals surface area contributed by atoms with Crippen molar-refractivity contribution in [1.29, 1.82) is 0 Å². The molecular formula is C11H12F4N2S. The maximum Gasteiger partial charge on any atom is 0.185 e. The normalized spacial score (nSPS) is 10.3. The lowest BCUT2D eigenvalue weighted by Gasteiger charge is -2.12. The highest BCUT2D eigenvalue weighted by molar-refractivity contribution is 7.80. The van der Waals surface area contributed by atoms with E-state index in [2.05, 4.69) is 10.6 Å². The first-order valence-electron chi connectivity index (χ1n) is 5.35. The summed E-state index contributed by atoms with van der Waals surface area (Å²) < 4.78 is 52.3. The lowest BCUT2D eigenvalue weighted by atomic mass is 10.2. The number of benzene rings is 1. The molecule has 1 rings (SSSR count). The summed E-state index contributed by atoms with van der Waals surface area (Å²) in [6.45, 7) is 2.46. The molecule has 0 aliphatic heterocycles. The molecule has 2 nitrogen and oxygen atoms in total. The number of hydrogen-bond donors (Lipinski definition) is 2. The Labute approximate surface area is 107 Å². The van der Waals surface area contributed by atoms with Crippen LogP contribution in [0.2, 0.25) is 0 Å². The molecule has 0 atom stereocenters. The Bertz CT molecular complexity index is 425. The highest BCUT2D eigenvalue weighted by atomic mass is 32.1. The molecule has 0 amide bonds. The molecule has 0 aliphatic carbocycles. The third kappa shape index (κ3) is 3.56. The topological polar surface area (TPSA) is 24.1 Å². The Balaban J connectivity index is 2.81. The fourth-order valence-corrected chi connectivity index (χ4v) is 1.42. The molecule has 0 aliphatic rings. The fraction of sp³-hybridized carbons (Fsp3) is 0.364. The minimum Gasteiger partial charge on any atom is -0.362 e. The number of anilines is 1. The molecule has 0 bridgehead atoms. The second-order valence-corrected chi connectivity index (χ2v) is 3.99. The van der Waals surface area contributed by atoms with Gasteiger partial charge in [-0.05, 0) is 18.6 Å². The van der Waals surface area contributed by atoms with Gasteiger partial charge in [0.1, 0.15) is 5.69 Å². The molecule has 0 fully saturated rings. The van der Waals surface area contributed by atoms with Crippen molar-refractivity contribution in [3.8, 4) is 0 Å². The van der Waals surface area contributed by atoms with E-state index in [1.165, 1.54) is 0 Å². The Morgan fingerprint density at radius 3 is 2.22 bits per heavy atom. The van der Waals surface area contributed by atoms with Crippen LogP contribution in [-0.4, -0.2) is 11.7 Å². The third-order valence-corrected chi connectivity index (χ3v) is 2.41. The van der Waals surface area contributed by atoms with Gasteiger partial charge in [-0.15, -0.1) is 0 Å². The summed E-state index contributed by atoms with van der Waals surface area (Å²) >= 11 is 4.75. The van der Waals surface area contributed by atoms with Crippen LogP contribution in [0.15, 0.2) is 6.07 Å². The number of hydrogen-bond acceptors (Lipinski definition) is 1. The molecule has 0 saturated heterocycles. The second-order valence-electron chi connectivity index (χ2n) is 3.58. The summed E-state index contributed by atoms with van der Waals surface area (Å²) in [7, 11) is 0. The Kier molecular flexibility index (Phi) is 5.33. The Morgan fingerprint density at radius 1 is 1.17 bits per heavy atom. The predicted octanol–water partition coefficient (Wildman–Crippen LogP) is 3.33. The van der Waals surface area contributed by atoms with Crippen LogP contribution in [0, 0.1) is 23.3 Å². The molecule has 0 radical (unpaired) electrons. The zero-order valence-electron chi connectivity index (χ0n) is 9.62. The summed E-state index contributed by atoms with van der Waals surface area (Å²) in [5, 5.41) is 4.69. The summed E-state index contributed by atoms with van der Waals surface area (Å²) in [6, 6.07) is 0.142. The molecule has 0 heterocycles. The van der Waals surface area contributed by atoms with E-state index in [1.807, 2.05) is 6.92 Å². The zero-order chi connectivity index (χ0) is 13.7. The van der Waals surface area contributed by atoms with Crippen molar-refractivity contribution in [3.63, 3.8) is 0 Å². The van der Waals surface area contributed by atoms with Crippen LogP contribution in [-0.2, 0) is 0 Å². The van der Waals surface area contributed by atoms with Crippen LogP contribution in [0.25, 0.3) is 0 Å². The van der Waals surface area contributed by atoms with E-state index in [1.54, 1.807) is 0 Å². The molecule has 0 aromatic heterocycles. The van der Waals surface area contributed by atoms with Gasteiger partial charge in [-0.2, -0.15) is 0 Å². The largest absolute Gasteiger partial charge is 0.362 e. The van der Waals surface area contributed by atoms with Gasteiger partial charge in [0.25, 0.3) is 0 Å². The maximum absolute atomic E-state index is 13.3. The van der Waals surface area contributed by atoms with Crippen molar-refractivity contribution in [3.05, 3.63) is 29.3 Å². The van der Waals surface area contributed by atoms with Crippen LogP contribution in [0.5, 0.6) is 0 Å². The monoisotopic (exact) mass is 280 g/mol. The summed E-state index contributed by atoms with van der Waals surface area (Å²) in [5.74, 6) is -5.97. The maximum atomic E-state index is 13.3. The van der Waals surface area contributed by atoms with Crippen LogP contribution in [0.3, 0.4) is 0 Å². The molecular weight excluding hydrogens is 268 g/mol. The van der Waals surface area contributed by atoms with Crippen molar-refractivity contribution < 1.29 is 17.6 Å². The van der Waals surface area contributed by atoms with Crippen molar-refractivity contribution in [1.82, 2.24) is 5.32 Å². The van der Waals surface area contributed by atoms with Gasteiger partial charge in [0, 0.05) is 12.6 Å². The van der Waals surface area contributed by atoms with Crippen molar-refractivity contribution in [2.75, 3.05) is 11.9 Å². The minimum absolute atomic E-state index is 0.0914. The van der Waals surface area contributed by atoms with E-state index < -0.39 is 29.0 Å². The second kappa shape index (κ2) is 6.53. The quantitative estimate of drug-likeness (QED) is 0.383. The van der Waals surface area contributed by atoms with Crippen molar-refractivity contribution in [2.45, 2.75) is 19.8 Å². The molecule has 1 aromatic carbocycles. The SMILES string of the molecule is CCCCNC(=S)Nc1c(F)c(F)cc(F)c1F. The lowest BCUT2D eigenvalue weighted by Crippen LogP contribution is -2.30. The summed E-state index contributed by atoms with van der Waals surface area (Å²) in [5.41, 5.74) is -0.929. The van der Waals surface area contributed by atoms with Gasteiger partial charge in [0.05, 0.1) is 0 Å². The van der Waals surface area contributed by atoms with Crippen molar-refractivity contribution in [2.24, 2.45) is 0 Å². The van der Waals surface area contributed by atoms with Gasteiger partial charge < -0.3 is 10.6 Å². The molecule has 2 N–H and O–H groups in total.